The molecule has 1 aromatic heterocycles. The number of carboxylic acid groups (broad SMARTS) is 1. The van der Waals surface area contributed by atoms with E-state index in [9.17, 15) is 23.1 Å². The van der Waals surface area contributed by atoms with Crippen LogP contribution in [-0.4, -0.2) is 16.1 Å². The number of alkyl halides is 3. The molecule has 0 aromatic carbocycles. The van der Waals surface area contributed by atoms with Crippen molar-refractivity contribution in [1.29, 1.82) is 0 Å². The van der Waals surface area contributed by atoms with Crippen LogP contribution in [0.1, 0.15) is 18.4 Å². The molecule has 22 heavy (non-hydrogen) atoms. The van der Waals surface area contributed by atoms with Gasteiger partial charge in [-0.3, -0.25) is 5.43 Å². The predicted molar refractivity (Wildman–Crippen MR) is 69.3 cm³/mol. The summed E-state index contributed by atoms with van der Waals surface area (Å²) < 4.78 is 38.5. The van der Waals surface area contributed by atoms with Crippen LogP contribution in [0.2, 0.25) is 0 Å². The normalized spacial score (nSPS) is 22.7. The zero-order valence-corrected chi connectivity index (χ0v) is 11.1. The Morgan fingerprint density at radius 3 is 2.86 bits per heavy atom. The number of rotatable bonds is 2. The van der Waals surface area contributed by atoms with E-state index in [0.717, 1.165) is 30.3 Å². The number of hydrazine groups is 1. The number of aromatic nitrogens is 1. The highest BCUT2D eigenvalue weighted by atomic mass is 19.4. The molecule has 5 nitrogen and oxygen atoms in total. The van der Waals surface area contributed by atoms with Gasteiger partial charge in [0.25, 0.3) is 0 Å². The molecule has 0 bridgehead atoms. The average Bonchev–Trinajstić information content (AvgIpc) is 2.94. The maximum absolute atomic E-state index is 12.8. The first kappa shape index (κ1) is 13.2. The van der Waals surface area contributed by atoms with Crippen molar-refractivity contribution in [2.45, 2.75) is 19.0 Å². The zero-order chi connectivity index (χ0) is 15.6. The Balaban J connectivity index is 1.77. The first-order valence-corrected chi connectivity index (χ1v) is 6.66. The summed E-state index contributed by atoms with van der Waals surface area (Å²) in [4.78, 5) is 15.3. The minimum absolute atomic E-state index is 0.0221. The number of nitrogens with zero attached hydrogens (tertiary/aromatic N) is 2. The first-order chi connectivity index (χ1) is 10.4. The molecular weight excluding hydrogens is 299 g/mol. The summed E-state index contributed by atoms with van der Waals surface area (Å²) in [6.07, 6.45) is -1.92. The van der Waals surface area contributed by atoms with E-state index >= 15 is 0 Å². The number of anilines is 1. The third-order valence-corrected chi connectivity index (χ3v) is 4.10. The number of pyridine rings is 1. The molecule has 1 fully saturated rings. The van der Waals surface area contributed by atoms with Crippen molar-refractivity contribution in [2.24, 2.45) is 5.92 Å². The number of carboxylic acids is 1. The van der Waals surface area contributed by atoms with E-state index in [-0.39, 0.29) is 11.5 Å². The van der Waals surface area contributed by atoms with Crippen LogP contribution < -0.4 is 10.4 Å². The fraction of sp³-hybridized carbons (Fsp3) is 0.286. The van der Waals surface area contributed by atoms with E-state index in [4.69, 9.17) is 0 Å². The maximum atomic E-state index is 12.8. The molecule has 0 unspecified atom stereocenters. The Bertz CT molecular complexity index is 767. The molecular formula is C14H10F3N3O2. The Labute approximate surface area is 122 Å². The maximum Gasteiger partial charge on any atom is 0.416 e. The number of aliphatic carboxylic acids is 1. The molecule has 0 radical (unpaired) electrons. The van der Waals surface area contributed by atoms with Crippen molar-refractivity contribution in [3.8, 4) is 0 Å². The number of nitrogens with one attached hydrogen (secondary N) is 1. The van der Waals surface area contributed by atoms with Gasteiger partial charge in [0.15, 0.2) is 5.82 Å². The molecule has 1 saturated carbocycles. The zero-order valence-electron chi connectivity index (χ0n) is 11.1. The average molecular weight is 309 g/mol. The molecule has 3 aliphatic rings. The Morgan fingerprint density at radius 1 is 1.41 bits per heavy atom. The van der Waals surface area contributed by atoms with Crippen molar-refractivity contribution in [1.82, 2.24) is 10.4 Å². The lowest BCUT2D eigenvalue weighted by Crippen LogP contribution is -2.33. The van der Waals surface area contributed by atoms with Gasteiger partial charge in [0.1, 0.15) is 5.70 Å². The predicted octanol–water partition coefficient (Wildman–Crippen LogP) is 2.44. The highest BCUT2D eigenvalue weighted by Gasteiger charge is 2.49. The molecule has 8 heteroatoms. The third kappa shape index (κ3) is 1.79. The molecule has 1 aromatic rings. The lowest BCUT2D eigenvalue weighted by molar-refractivity contribution is -0.137. The van der Waals surface area contributed by atoms with Crippen LogP contribution in [-0.2, 0) is 11.0 Å². The summed E-state index contributed by atoms with van der Waals surface area (Å²) in [5.74, 6) is -0.753. The van der Waals surface area contributed by atoms with Crippen LogP contribution in [0.3, 0.4) is 0 Å². The van der Waals surface area contributed by atoms with E-state index in [1.165, 1.54) is 5.01 Å². The summed E-state index contributed by atoms with van der Waals surface area (Å²) in [6, 6.07) is 1.80. The monoisotopic (exact) mass is 309 g/mol. The van der Waals surface area contributed by atoms with Gasteiger partial charge in [-0.25, -0.2) is 14.8 Å². The van der Waals surface area contributed by atoms with Crippen LogP contribution in [0, 0.1) is 5.92 Å². The van der Waals surface area contributed by atoms with Crippen LogP contribution in [0.25, 0.3) is 0 Å². The van der Waals surface area contributed by atoms with Crippen molar-refractivity contribution in [2.75, 3.05) is 5.01 Å². The fourth-order valence-corrected chi connectivity index (χ4v) is 3.03. The molecule has 4 rings (SSSR count). The molecule has 1 aliphatic heterocycles. The van der Waals surface area contributed by atoms with E-state index in [2.05, 4.69) is 10.4 Å². The van der Waals surface area contributed by atoms with E-state index in [1.807, 2.05) is 0 Å². The van der Waals surface area contributed by atoms with Crippen molar-refractivity contribution < 1.29 is 23.1 Å². The van der Waals surface area contributed by atoms with Gasteiger partial charge in [0.2, 0.25) is 0 Å². The summed E-state index contributed by atoms with van der Waals surface area (Å²) in [5.41, 5.74) is 4.28. The summed E-state index contributed by atoms with van der Waals surface area (Å²) in [6.45, 7) is 0. The molecule has 2 aliphatic carbocycles. The largest absolute Gasteiger partial charge is 0.477 e. The number of fused-ring (bicyclic) bond motifs is 2. The number of carbonyl (C=O) groups is 1. The first-order valence-electron chi connectivity index (χ1n) is 6.66. The van der Waals surface area contributed by atoms with Crippen LogP contribution in [0.4, 0.5) is 19.0 Å². The van der Waals surface area contributed by atoms with Crippen LogP contribution >= 0.6 is 0 Å². The van der Waals surface area contributed by atoms with E-state index in [0.29, 0.717) is 23.6 Å². The van der Waals surface area contributed by atoms with Gasteiger partial charge in [0, 0.05) is 11.8 Å². The number of hydrogen-bond donors (Lipinski definition) is 2. The van der Waals surface area contributed by atoms with E-state index in [1.54, 1.807) is 0 Å². The molecule has 2 N–H and O–H groups in total. The standard InChI is InChI=1S/C14H10F3N3O2/c15-14(16,17)7-1-2-18-10(5-7)20-12-8-3-6(8)4-9(12)11(19-20)13(21)22/h1-2,5-6,19H,3-4H2,(H,21,22)/t6-/m1/s1. The molecule has 114 valence electrons. The lowest BCUT2D eigenvalue weighted by Gasteiger charge is -2.21. The lowest BCUT2D eigenvalue weighted by atomic mass is 10.1. The number of allylic oxidation sites excluding steroid dienone is 2. The molecule has 2 heterocycles. The Morgan fingerprint density at radius 2 is 2.18 bits per heavy atom. The number of halogens is 3. The fourth-order valence-electron chi connectivity index (χ4n) is 3.03. The SMILES string of the molecule is O=C(O)C1=C2C[C@H]3CC3=C2N(c2cc(C(F)(F)F)ccn2)N1. The van der Waals surface area contributed by atoms with E-state index < -0.39 is 17.7 Å². The summed E-state index contributed by atoms with van der Waals surface area (Å²) in [5, 5.41) is 10.6. The highest BCUT2D eigenvalue weighted by molar-refractivity contribution is 5.91. The Hall–Kier alpha value is -2.51. The molecule has 0 amide bonds. The third-order valence-electron chi connectivity index (χ3n) is 4.10. The van der Waals surface area contributed by atoms with Crippen molar-refractivity contribution in [3.05, 3.63) is 46.4 Å². The van der Waals surface area contributed by atoms with Gasteiger partial charge in [-0.1, -0.05) is 0 Å². The minimum Gasteiger partial charge on any atom is -0.477 e. The minimum atomic E-state index is -4.47. The number of hydrogen-bond acceptors (Lipinski definition) is 4. The summed E-state index contributed by atoms with van der Waals surface area (Å²) >= 11 is 0. The smallest absolute Gasteiger partial charge is 0.416 e. The second kappa shape index (κ2) is 4.02. The van der Waals surface area contributed by atoms with Crippen molar-refractivity contribution in [3.63, 3.8) is 0 Å². The van der Waals surface area contributed by atoms with Gasteiger partial charge in [-0.15, -0.1) is 0 Å². The highest BCUT2D eigenvalue weighted by Crippen LogP contribution is 2.56. The van der Waals surface area contributed by atoms with Gasteiger partial charge in [0.05, 0.1) is 11.3 Å². The van der Waals surface area contributed by atoms with Gasteiger partial charge < -0.3 is 5.11 Å². The van der Waals surface area contributed by atoms with Gasteiger partial charge >= 0.3 is 12.1 Å². The second-order valence-corrected chi connectivity index (χ2v) is 5.49. The molecule has 1 atom stereocenters. The topological polar surface area (TPSA) is 65.5 Å². The van der Waals surface area contributed by atoms with Crippen molar-refractivity contribution >= 4 is 11.8 Å². The van der Waals surface area contributed by atoms with Crippen LogP contribution in [0.5, 0.6) is 0 Å². The molecule has 0 saturated heterocycles. The summed E-state index contributed by atoms with van der Waals surface area (Å²) in [7, 11) is 0. The Kier molecular flexibility index (Phi) is 2.41. The quantitative estimate of drug-likeness (QED) is 0.878. The second-order valence-electron chi connectivity index (χ2n) is 5.49. The van der Waals surface area contributed by atoms with Gasteiger partial charge in [-0.2, -0.15) is 13.2 Å². The van der Waals surface area contributed by atoms with Crippen LogP contribution in [0.15, 0.2) is 40.9 Å². The van der Waals surface area contributed by atoms with Gasteiger partial charge in [-0.05, 0) is 36.5 Å². The molecule has 0 spiro atoms.